The molecule has 2 rings (SSSR count). The molecule has 154 valence electrons. The van der Waals surface area contributed by atoms with Crippen molar-refractivity contribution in [1.29, 1.82) is 0 Å². The van der Waals surface area contributed by atoms with E-state index in [9.17, 15) is 9.59 Å². The van der Waals surface area contributed by atoms with Crippen LogP contribution in [0.5, 0.6) is 5.75 Å². The number of hydrogen-bond acceptors (Lipinski definition) is 4. The van der Waals surface area contributed by atoms with Crippen molar-refractivity contribution >= 4 is 23.7 Å². The van der Waals surface area contributed by atoms with Crippen LogP contribution in [0.2, 0.25) is 0 Å². The first-order chi connectivity index (χ1) is 13.8. The number of nitrogens with one attached hydrogen (secondary N) is 2. The Morgan fingerprint density at radius 1 is 0.966 bits per heavy atom. The third-order valence-electron chi connectivity index (χ3n) is 4.21. The van der Waals surface area contributed by atoms with Crippen LogP contribution < -0.4 is 15.5 Å². The van der Waals surface area contributed by atoms with E-state index in [1.165, 1.54) is 5.56 Å². The lowest BCUT2D eigenvalue weighted by Gasteiger charge is -2.18. The molecule has 0 fully saturated rings. The molecule has 2 N–H and O–H groups in total. The first-order valence-corrected chi connectivity index (χ1v) is 9.73. The van der Waals surface area contributed by atoms with E-state index in [1.54, 1.807) is 30.5 Å². The molecule has 0 unspecified atom stereocenters. The fourth-order valence-electron chi connectivity index (χ4n) is 2.56. The predicted molar refractivity (Wildman–Crippen MR) is 116 cm³/mol. The summed E-state index contributed by atoms with van der Waals surface area (Å²) in [4.78, 5) is 23.8. The van der Waals surface area contributed by atoms with Gasteiger partial charge in [-0.2, -0.15) is 5.10 Å². The van der Waals surface area contributed by atoms with Crippen LogP contribution in [0.3, 0.4) is 0 Å². The van der Waals surface area contributed by atoms with Gasteiger partial charge in [0.1, 0.15) is 5.75 Å². The minimum absolute atomic E-state index is 0.0587. The highest BCUT2D eigenvalue weighted by Crippen LogP contribution is 2.21. The molecule has 0 aromatic heterocycles. The van der Waals surface area contributed by atoms with Crippen LogP contribution in [-0.2, 0) is 15.0 Å². The topological polar surface area (TPSA) is 79.8 Å². The Bertz CT molecular complexity index is 835. The van der Waals surface area contributed by atoms with Gasteiger partial charge >= 0.3 is 0 Å². The maximum Gasteiger partial charge on any atom is 0.240 e. The molecule has 0 aliphatic carbocycles. The smallest absolute Gasteiger partial charge is 0.240 e. The Kier molecular flexibility index (Phi) is 7.95. The lowest BCUT2D eigenvalue weighted by atomic mass is 9.87. The second-order valence-electron chi connectivity index (χ2n) is 7.67. The maximum atomic E-state index is 12.0. The SMILES string of the molecule is CCOc1ccc(NC(=O)CCC(=O)NN=Cc2ccc(C(C)(C)C)cc2)cc1. The zero-order valence-corrected chi connectivity index (χ0v) is 17.5. The third kappa shape index (κ3) is 7.78. The molecule has 6 nitrogen and oxygen atoms in total. The fourth-order valence-corrected chi connectivity index (χ4v) is 2.56. The number of ether oxygens (including phenoxy) is 1. The molecule has 2 aromatic rings. The van der Waals surface area contributed by atoms with Crippen molar-refractivity contribution in [2.45, 2.75) is 46.0 Å². The standard InChI is InChI=1S/C23H29N3O3/c1-5-29-20-12-10-19(11-13-20)25-21(27)14-15-22(28)26-24-16-17-6-8-18(9-7-17)23(2,3)4/h6-13,16H,5,14-15H2,1-4H3,(H,25,27)(H,26,28). The van der Waals surface area contributed by atoms with Gasteiger partial charge in [0.25, 0.3) is 0 Å². The van der Waals surface area contributed by atoms with Crippen molar-refractivity contribution in [2.24, 2.45) is 5.10 Å². The Hall–Kier alpha value is -3.15. The van der Waals surface area contributed by atoms with Crippen LogP contribution >= 0.6 is 0 Å². The highest BCUT2D eigenvalue weighted by Gasteiger charge is 2.12. The average Bonchev–Trinajstić information content (AvgIpc) is 2.68. The minimum atomic E-state index is -0.311. The lowest BCUT2D eigenvalue weighted by molar-refractivity contribution is -0.124. The molecule has 0 heterocycles. The van der Waals surface area contributed by atoms with Gasteiger partial charge in [0, 0.05) is 18.5 Å². The van der Waals surface area contributed by atoms with Crippen LogP contribution in [0.25, 0.3) is 0 Å². The molecule has 0 saturated carbocycles. The van der Waals surface area contributed by atoms with E-state index in [4.69, 9.17) is 4.74 Å². The van der Waals surface area contributed by atoms with Crippen molar-refractivity contribution < 1.29 is 14.3 Å². The molecule has 0 radical (unpaired) electrons. The number of nitrogens with zero attached hydrogens (tertiary/aromatic N) is 1. The summed E-state index contributed by atoms with van der Waals surface area (Å²) in [5, 5.41) is 6.71. The van der Waals surface area contributed by atoms with E-state index in [-0.39, 0.29) is 30.1 Å². The molecule has 29 heavy (non-hydrogen) atoms. The molecule has 0 saturated heterocycles. The second kappa shape index (κ2) is 10.4. The quantitative estimate of drug-likeness (QED) is 0.518. The largest absolute Gasteiger partial charge is 0.494 e. The van der Waals surface area contributed by atoms with Gasteiger partial charge in [-0.25, -0.2) is 5.43 Å². The summed E-state index contributed by atoms with van der Waals surface area (Å²) in [6, 6.07) is 15.1. The van der Waals surface area contributed by atoms with Gasteiger partial charge in [-0.15, -0.1) is 0 Å². The summed E-state index contributed by atoms with van der Waals surface area (Å²) in [5.74, 6) is 0.205. The van der Waals surface area contributed by atoms with E-state index in [0.717, 1.165) is 11.3 Å². The molecule has 0 atom stereocenters. The molecular weight excluding hydrogens is 366 g/mol. The average molecular weight is 396 g/mol. The molecular formula is C23H29N3O3. The number of rotatable bonds is 8. The summed E-state index contributed by atoms with van der Waals surface area (Å²) >= 11 is 0. The van der Waals surface area contributed by atoms with Crippen LogP contribution in [0.1, 0.15) is 51.7 Å². The van der Waals surface area contributed by atoms with Crippen LogP contribution in [0, 0.1) is 0 Å². The highest BCUT2D eigenvalue weighted by atomic mass is 16.5. The molecule has 0 aliphatic heterocycles. The second-order valence-corrected chi connectivity index (χ2v) is 7.67. The van der Waals surface area contributed by atoms with Crippen molar-refractivity contribution in [3.63, 3.8) is 0 Å². The molecule has 0 aliphatic rings. The zero-order valence-electron chi connectivity index (χ0n) is 17.5. The molecule has 6 heteroatoms. The molecule has 2 aromatic carbocycles. The first kappa shape index (κ1) is 22.1. The number of carbonyl (C=O) groups excluding carboxylic acids is 2. The molecule has 2 amide bonds. The molecule has 0 bridgehead atoms. The van der Waals surface area contributed by atoms with Gasteiger partial charge in [-0.3, -0.25) is 9.59 Å². The normalized spacial score (nSPS) is 11.3. The summed E-state index contributed by atoms with van der Waals surface area (Å²) in [7, 11) is 0. The first-order valence-electron chi connectivity index (χ1n) is 9.73. The zero-order chi connectivity index (χ0) is 21.3. The number of anilines is 1. The Balaban J connectivity index is 1.73. The van der Waals surface area contributed by atoms with Gasteiger partial charge in [0.05, 0.1) is 12.8 Å². The van der Waals surface area contributed by atoms with Gasteiger partial charge in [0.15, 0.2) is 0 Å². The van der Waals surface area contributed by atoms with Crippen molar-refractivity contribution in [1.82, 2.24) is 5.43 Å². The Morgan fingerprint density at radius 2 is 1.59 bits per heavy atom. The maximum absolute atomic E-state index is 12.0. The van der Waals surface area contributed by atoms with Crippen LogP contribution in [-0.4, -0.2) is 24.6 Å². The number of hydrogen-bond donors (Lipinski definition) is 2. The van der Waals surface area contributed by atoms with Gasteiger partial charge in [-0.05, 0) is 47.7 Å². The van der Waals surface area contributed by atoms with Crippen molar-refractivity contribution in [3.8, 4) is 5.75 Å². The van der Waals surface area contributed by atoms with Crippen LogP contribution in [0.4, 0.5) is 5.69 Å². The van der Waals surface area contributed by atoms with Crippen molar-refractivity contribution in [2.75, 3.05) is 11.9 Å². The minimum Gasteiger partial charge on any atom is -0.494 e. The van der Waals surface area contributed by atoms with E-state index >= 15 is 0 Å². The Labute approximate surface area is 172 Å². The lowest BCUT2D eigenvalue weighted by Crippen LogP contribution is -2.20. The monoisotopic (exact) mass is 395 g/mol. The van der Waals surface area contributed by atoms with E-state index in [0.29, 0.717) is 12.3 Å². The summed E-state index contributed by atoms with van der Waals surface area (Å²) in [6.07, 6.45) is 1.72. The van der Waals surface area contributed by atoms with Crippen molar-refractivity contribution in [3.05, 3.63) is 59.7 Å². The van der Waals surface area contributed by atoms with Gasteiger partial charge in [-0.1, -0.05) is 45.0 Å². The highest BCUT2D eigenvalue weighted by molar-refractivity contribution is 5.93. The molecule has 0 spiro atoms. The Morgan fingerprint density at radius 3 is 2.17 bits per heavy atom. The third-order valence-corrected chi connectivity index (χ3v) is 4.21. The summed E-state index contributed by atoms with van der Waals surface area (Å²) < 4.78 is 5.36. The summed E-state index contributed by atoms with van der Waals surface area (Å²) in [5.41, 5.74) is 5.33. The predicted octanol–water partition coefficient (Wildman–Crippen LogP) is 4.25. The fraction of sp³-hybridized carbons (Fsp3) is 0.348. The van der Waals surface area contributed by atoms with E-state index < -0.39 is 0 Å². The van der Waals surface area contributed by atoms with Gasteiger partial charge < -0.3 is 10.1 Å². The summed E-state index contributed by atoms with van der Waals surface area (Å²) in [6.45, 7) is 8.96. The van der Waals surface area contributed by atoms with E-state index in [1.807, 2.05) is 19.1 Å². The number of amides is 2. The van der Waals surface area contributed by atoms with Crippen LogP contribution in [0.15, 0.2) is 53.6 Å². The number of benzene rings is 2. The van der Waals surface area contributed by atoms with E-state index in [2.05, 4.69) is 48.7 Å². The number of hydrazone groups is 1. The van der Waals surface area contributed by atoms with Gasteiger partial charge in [0.2, 0.25) is 11.8 Å². The number of carbonyl (C=O) groups is 2.